The standard InChI is InChI=1S/C15H14FN3/c1-10(12-4-2-3-5-13(12)16)19-15-8-11(9-17)6-7-14(15)18/h2-8,10,19H,18H2,1H3. The third-order valence-electron chi connectivity index (χ3n) is 2.93. The first-order valence-electron chi connectivity index (χ1n) is 5.92. The van der Waals surface area contributed by atoms with Crippen LogP contribution in [0.3, 0.4) is 0 Å². The summed E-state index contributed by atoms with van der Waals surface area (Å²) < 4.78 is 13.7. The number of nitriles is 1. The molecule has 0 bridgehead atoms. The molecule has 19 heavy (non-hydrogen) atoms. The van der Waals surface area contributed by atoms with Gasteiger partial charge in [-0.15, -0.1) is 0 Å². The largest absolute Gasteiger partial charge is 0.397 e. The smallest absolute Gasteiger partial charge is 0.128 e. The average Bonchev–Trinajstić information content (AvgIpc) is 2.41. The highest BCUT2D eigenvalue weighted by Crippen LogP contribution is 2.26. The summed E-state index contributed by atoms with van der Waals surface area (Å²) in [6.45, 7) is 1.84. The maximum Gasteiger partial charge on any atom is 0.128 e. The Labute approximate surface area is 111 Å². The quantitative estimate of drug-likeness (QED) is 0.826. The van der Waals surface area contributed by atoms with Crippen LogP contribution >= 0.6 is 0 Å². The van der Waals surface area contributed by atoms with Crippen molar-refractivity contribution in [1.29, 1.82) is 5.26 Å². The molecule has 0 spiro atoms. The number of nitrogens with one attached hydrogen (secondary N) is 1. The summed E-state index contributed by atoms with van der Waals surface area (Å²) in [5.74, 6) is -0.266. The molecule has 0 saturated heterocycles. The van der Waals surface area contributed by atoms with Gasteiger partial charge in [-0.1, -0.05) is 18.2 Å². The van der Waals surface area contributed by atoms with Crippen LogP contribution in [0.25, 0.3) is 0 Å². The Morgan fingerprint density at radius 2 is 2.00 bits per heavy atom. The van der Waals surface area contributed by atoms with Crippen molar-refractivity contribution in [3.8, 4) is 6.07 Å². The molecule has 96 valence electrons. The fourth-order valence-electron chi connectivity index (χ4n) is 1.89. The first-order valence-corrected chi connectivity index (χ1v) is 5.92. The molecule has 0 fully saturated rings. The van der Waals surface area contributed by atoms with Crippen molar-refractivity contribution < 1.29 is 4.39 Å². The van der Waals surface area contributed by atoms with Crippen LogP contribution in [0, 0.1) is 17.1 Å². The fourth-order valence-corrected chi connectivity index (χ4v) is 1.89. The van der Waals surface area contributed by atoms with E-state index >= 15 is 0 Å². The Morgan fingerprint density at radius 1 is 1.26 bits per heavy atom. The van der Waals surface area contributed by atoms with Gasteiger partial charge < -0.3 is 11.1 Å². The number of halogens is 1. The molecule has 0 aliphatic carbocycles. The second-order valence-electron chi connectivity index (χ2n) is 4.30. The van der Waals surface area contributed by atoms with Gasteiger partial charge in [-0.3, -0.25) is 0 Å². The van der Waals surface area contributed by atoms with Gasteiger partial charge in [-0.2, -0.15) is 5.26 Å². The highest BCUT2D eigenvalue weighted by molar-refractivity contribution is 5.68. The van der Waals surface area contributed by atoms with Crippen molar-refractivity contribution in [2.45, 2.75) is 13.0 Å². The summed E-state index contributed by atoms with van der Waals surface area (Å²) in [6, 6.07) is 13.4. The van der Waals surface area contributed by atoms with Crippen molar-refractivity contribution in [3.63, 3.8) is 0 Å². The Bertz CT molecular complexity index is 632. The molecule has 0 saturated carbocycles. The summed E-state index contributed by atoms with van der Waals surface area (Å²) in [6.07, 6.45) is 0. The molecule has 0 radical (unpaired) electrons. The molecular weight excluding hydrogens is 241 g/mol. The molecule has 2 aromatic carbocycles. The molecule has 2 aromatic rings. The maximum atomic E-state index is 13.7. The van der Waals surface area contributed by atoms with Crippen LogP contribution in [0.15, 0.2) is 42.5 Å². The molecule has 3 nitrogen and oxygen atoms in total. The van der Waals surface area contributed by atoms with Crippen LogP contribution in [0.2, 0.25) is 0 Å². The minimum absolute atomic E-state index is 0.238. The number of nitrogens with two attached hydrogens (primary N) is 1. The number of benzene rings is 2. The molecule has 0 aromatic heterocycles. The Morgan fingerprint density at radius 3 is 2.68 bits per heavy atom. The lowest BCUT2D eigenvalue weighted by atomic mass is 10.1. The molecule has 0 amide bonds. The van der Waals surface area contributed by atoms with E-state index in [9.17, 15) is 4.39 Å². The lowest BCUT2D eigenvalue weighted by molar-refractivity contribution is 0.600. The van der Waals surface area contributed by atoms with Gasteiger partial charge in [0.05, 0.1) is 29.0 Å². The molecule has 3 N–H and O–H groups in total. The van der Waals surface area contributed by atoms with E-state index in [1.54, 1.807) is 36.4 Å². The van der Waals surface area contributed by atoms with Gasteiger partial charge in [-0.25, -0.2) is 4.39 Å². The maximum absolute atomic E-state index is 13.7. The van der Waals surface area contributed by atoms with E-state index in [0.29, 0.717) is 22.5 Å². The molecule has 0 aliphatic heterocycles. The Kier molecular flexibility index (Phi) is 3.67. The first kappa shape index (κ1) is 12.9. The minimum Gasteiger partial charge on any atom is -0.397 e. The van der Waals surface area contributed by atoms with Crippen molar-refractivity contribution >= 4 is 11.4 Å². The molecule has 0 heterocycles. The second-order valence-corrected chi connectivity index (χ2v) is 4.30. The summed E-state index contributed by atoms with van der Waals surface area (Å²) in [4.78, 5) is 0. The number of anilines is 2. The van der Waals surface area contributed by atoms with E-state index in [1.165, 1.54) is 6.07 Å². The van der Waals surface area contributed by atoms with E-state index < -0.39 is 0 Å². The van der Waals surface area contributed by atoms with E-state index in [2.05, 4.69) is 5.32 Å². The number of nitrogen functional groups attached to an aromatic ring is 1. The fraction of sp³-hybridized carbons (Fsp3) is 0.133. The van der Waals surface area contributed by atoms with Crippen molar-refractivity contribution in [3.05, 3.63) is 59.4 Å². The summed E-state index contributed by atoms with van der Waals surface area (Å²) in [7, 11) is 0. The van der Waals surface area contributed by atoms with Crippen molar-refractivity contribution in [2.24, 2.45) is 0 Å². The minimum atomic E-state index is -0.266. The van der Waals surface area contributed by atoms with Crippen LogP contribution in [0.1, 0.15) is 24.1 Å². The Balaban J connectivity index is 2.27. The lowest BCUT2D eigenvalue weighted by Gasteiger charge is -2.18. The lowest BCUT2D eigenvalue weighted by Crippen LogP contribution is -2.10. The van der Waals surface area contributed by atoms with Gasteiger partial charge in [0.15, 0.2) is 0 Å². The number of nitrogens with zero attached hydrogens (tertiary/aromatic N) is 1. The van der Waals surface area contributed by atoms with E-state index in [0.717, 1.165) is 0 Å². The van der Waals surface area contributed by atoms with Crippen LogP contribution in [-0.4, -0.2) is 0 Å². The van der Waals surface area contributed by atoms with Crippen LogP contribution in [0.5, 0.6) is 0 Å². The number of hydrogen-bond donors (Lipinski definition) is 2. The SMILES string of the molecule is CC(Nc1cc(C#N)ccc1N)c1ccccc1F. The molecule has 1 atom stereocenters. The zero-order valence-electron chi connectivity index (χ0n) is 10.5. The van der Waals surface area contributed by atoms with Gasteiger partial charge >= 0.3 is 0 Å². The highest BCUT2D eigenvalue weighted by atomic mass is 19.1. The number of hydrogen-bond acceptors (Lipinski definition) is 3. The number of rotatable bonds is 3. The molecule has 4 heteroatoms. The predicted molar refractivity (Wildman–Crippen MR) is 74.0 cm³/mol. The van der Waals surface area contributed by atoms with Gasteiger partial charge in [0.25, 0.3) is 0 Å². The van der Waals surface area contributed by atoms with Gasteiger partial charge in [0, 0.05) is 5.56 Å². The zero-order valence-corrected chi connectivity index (χ0v) is 10.5. The highest BCUT2D eigenvalue weighted by Gasteiger charge is 2.11. The molecule has 0 aliphatic rings. The van der Waals surface area contributed by atoms with E-state index in [1.807, 2.05) is 13.0 Å². The summed E-state index contributed by atoms with van der Waals surface area (Å²) in [5.41, 5.74) is 8.08. The third-order valence-corrected chi connectivity index (χ3v) is 2.93. The van der Waals surface area contributed by atoms with E-state index in [4.69, 9.17) is 11.0 Å². The van der Waals surface area contributed by atoms with Crippen LogP contribution in [0.4, 0.5) is 15.8 Å². The summed E-state index contributed by atoms with van der Waals surface area (Å²) >= 11 is 0. The van der Waals surface area contributed by atoms with Crippen LogP contribution < -0.4 is 11.1 Å². The van der Waals surface area contributed by atoms with Gasteiger partial charge in [-0.05, 0) is 31.2 Å². The first-order chi connectivity index (χ1) is 9.11. The third kappa shape index (κ3) is 2.83. The van der Waals surface area contributed by atoms with E-state index in [-0.39, 0.29) is 11.9 Å². The zero-order chi connectivity index (χ0) is 13.8. The molecule has 2 rings (SSSR count). The van der Waals surface area contributed by atoms with Gasteiger partial charge in [0.2, 0.25) is 0 Å². The van der Waals surface area contributed by atoms with Crippen molar-refractivity contribution in [2.75, 3.05) is 11.1 Å². The normalized spacial score (nSPS) is 11.6. The monoisotopic (exact) mass is 255 g/mol. The average molecular weight is 255 g/mol. The topological polar surface area (TPSA) is 61.8 Å². The molecular formula is C15H14FN3. The Hall–Kier alpha value is -2.54. The summed E-state index contributed by atoms with van der Waals surface area (Å²) in [5, 5.41) is 12.0. The van der Waals surface area contributed by atoms with Crippen LogP contribution in [-0.2, 0) is 0 Å². The van der Waals surface area contributed by atoms with Crippen molar-refractivity contribution in [1.82, 2.24) is 0 Å². The van der Waals surface area contributed by atoms with Gasteiger partial charge in [0.1, 0.15) is 5.82 Å². The second kappa shape index (κ2) is 5.40. The predicted octanol–water partition coefficient (Wildman–Crippen LogP) is 3.45. The molecule has 1 unspecified atom stereocenters.